The summed E-state index contributed by atoms with van der Waals surface area (Å²) in [5, 5.41) is 0. The highest BCUT2D eigenvalue weighted by atomic mass is 16.2. The Kier molecular flexibility index (Phi) is 3.82. The molecule has 0 heterocycles. The van der Waals surface area contributed by atoms with Crippen LogP contribution in [0.15, 0.2) is 30.3 Å². The highest BCUT2D eigenvalue weighted by Crippen LogP contribution is 2.30. The van der Waals surface area contributed by atoms with Gasteiger partial charge in [-0.2, -0.15) is 0 Å². The van der Waals surface area contributed by atoms with Crippen LogP contribution in [-0.4, -0.2) is 11.9 Å². The van der Waals surface area contributed by atoms with E-state index in [0.29, 0.717) is 6.04 Å². The van der Waals surface area contributed by atoms with Crippen LogP contribution in [-0.2, 0) is 4.79 Å². The Morgan fingerprint density at radius 2 is 1.71 bits per heavy atom. The molecule has 17 heavy (non-hydrogen) atoms. The zero-order valence-corrected chi connectivity index (χ0v) is 10.7. The number of rotatable bonds is 2. The van der Waals surface area contributed by atoms with Crippen molar-refractivity contribution in [1.29, 1.82) is 0 Å². The van der Waals surface area contributed by atoms with E-state index < -0.39 is 0 Å². The Hall–Kier alpha value is -1.31. The predicted octanol–water partition coefficient (Wildman–Crippen LogP) is 3.62. The fourth-order valence-corrected chi connectivity index (χ4v) is 2.74. The maximum absolute atomic E-state index is 11.9. The van der Waals surface area contributed by atoms with Gasteiger partial charge in [0.05, 0.1) is 0 Å². The van der Waals surface area contributed by atoms with E-state index >= 15 is 0 Å². The lowest BCUT2D eigenvalue weighted by atomic mass is 9.86. The number of amides is 1. The average molecular weight is 231 g/mol. The minimum Gasteiger partial charge on any atom is -0.310 e. The number of para-hydroxylation sites is 1. The van der Waals surface area contributed by atoms with Gasteiger partial charge in [0.15, 0.2) is 0 Å². The zero-order valence-electron chi connectivity index (χ0n) is 10.7. The average Bonchev–Trinajstić information content (AvgIpc) is 2.33. The summed E-state index contributed by atoms with van der Waals surface area (Å²) in [5.74, 6) is 0.978. The summed E-state index contributed by atoms with van der Waals surface area (Å²) in [7, 11) is 0. The molecule has 0 aromatic heterocycles. The molecule has 2 heteroatoms. The van der Waals surface area contributed by atoms with E-state index in [1.807, 2.05) is 35.2 Å². The quantitative estimate of drug-likeness (QED) is 0.761. The molecule has 0 saturated heterocycles. The Labute approximate surface area is 104 Å². The smallest absolute Gasteiger partial charge is 0.224 e. The monoisotopic (exact) mass is 231 g/mol. The van der Waals surface area contributed by atoms with Crippen molar-refractivity contribution in [2.24, 2.45) is 5.92 Å². The van der Waals surface area contributed by atoms with E-state index in [1.165, 1.54) is 12.8 Å². The minimum absolute atomic E-state index is 0.163. The number of nitrogens with zero attached hydrogens (tertiary/aromatic N) is 1. The van der Waals surface area contributed by atoms with Gasteiger partial charge in [0.1, 0.15) is 0 Å². The first-order chi connectivity index (χ1) is 8.18. The van der Waals surface area contributed by atoms with Gasteiger partial charge in [-0.15, -0.1) is 0 Å². The van der Waals surface area contributed by atoms with Gasteiger partial charge in [0.25, 0.3) is 0 Å². The lowest BCUT2D eigenvalue weighted by molar-refractivity contribution is -0.117. The third kappa shape index (κ3) is 2.87. The van der Waals surface area contributed by atoms with Crippen molar-refractivity contribution in [3.8, 4) is 0 Å². The molecule has 0 aliphatic heterocycles. The van der Waals surface area contributed by atoms with E-state index in [0.717, 1.165) is 24.4 Å². The second-order valence-electron chi connectivity index (χ2n) is 5.14. The number of hydrogen-bond donors (Lipinski definition) is 0. The first-order valence-electron chi connectivity index (χ1n) is 6.53. The number of carbonyl (C=O) groups is 1. The number of anilines is 1. The summed E-state index contributed by atoms with van der Waals surface area (Å²) >= 11 is 0. The second kappa shape index (κ2) is 5.35. The zero-order chi connectivity index (χ0) is 12.3. The SMILES string of the molecule is CC(=O)N(c1ccccc1)C1CCC(C)CC1. The molecule has 92 valence electrons. The van der Waals surface area contributed by atoms with Crippen LogP contribution < -0.4 is 4.90 Å². The standard InChI is InChI=1S/C15H21NO/c1-12-8-10-15(11-9-12)16(13(2)17)14-6-4-3-5-7-14/h3-7,12,15H,8-11H2,1-2H3. The Bertz CT molecular complexity index is 366. The summed E-state index contributed by atoms with van der Waals surface area (Å²) in [6.07, 6.45) is 4.74. The van der Waals surface area contributed by atoms with Gasteiger partial charge in [0, 0.05) is 18.7 Å². The van der Waals surface area contributed by atoms with Crippen molar-refractivity contribution in [2.75, 3.05) is 4.90 Å². The molecular weight excluding hydrogens is 210 g/mol. The normalized spacial score (nSPS) is 24.4. The fraction of sp³-hybridized carbons (Fsp3) is 0.533. The minimum atomic E-state index is 0.163. The predicted molar refractivity (Wildman–Crippen MR) is 71.0 cm³/mol. The van der Waals surface area contributed by atoms with Crippen molar-refractivity contribution >= 4 is 11.6 Å². The van der Waals surface area contributed by atoms with E-state index in [9.17, 15) is 4.79 Å². The molecule has 0 unspecified atom stereocenters. The summed E-state index contributed by atoms with van der Waals surface area (Å²) in [5.41, 5.74) is 1.04. The van der Waals surface area contributed by atoms with Gasteiger partial charge in [-0.1, -0.05) is 25.1 Å². The van der Waals surface area contributed by atoms with E-state index in [-0.39, 0.29) is 5.91 Å². The largest absolute Gasteiger partial charge is 0.310 e. The molecule has 1 aromatic carbocycles. The summed E-state index contributed by atoms with van der Waals surface area (Å²) < 4.78 is 0. The maximum atomic E-state index is 11.9. The molecule has 2 nitrogen and oxygen atoms in total. The van der Waals surface area contributed by atoms with Crippen molar-refractivity contribution in [2.45, 2.75) is 45.6 Å². The fourth-order valence-electron chi connectivity index (χ4n) is 2.74. The van der Waals surface area contributed by atoms with Crippen molar-refractivity contribution < 1.29 is 4.79 Å². The van der Waals surface area contributed by atoms with Crippen LogP contribution in [0.2, 0.25) is 0 Å². The Balaban J connectivity index is 2.16. The van der Waals surface area contributed by atoms with Crippen molar-refractivity contribution in [1.82, 2.24) is 0 Å². The van der Waals surface area contributed by atoms with Crippen LogP contribution in [0.1, 0.15) is 39.5 Å². The van der Waals surface area contributed by atoms with Gasteiger partial charge in [-0.05, 0) is 43.7 Å². The van der Waals surface area contributed by atoms with Crippen LogP contribution in [0.4, 0.5) is 5.69 Å². The van der Waals surface area contributed by atoms with E-state index in [2.05, 4.69) is 6.92 Å². The van der Waals surface area contributed by atoms with Crippen LogP contribution in [0, 0.1) is 5.92 Å². The molecular formula is C15H21NO. The lowest BCUT2D eigenvalue weighted by Gasteiger charge is -2.35. The molecule has 0 bridgehead atoms. The van der Waals surface area contributed by atoms with Crippen molar-refractivity contribution in [3.05, 3.63) is 30.3 Å². The number of carbonyl (C=O) groups excluding carboxylic acids is 1. The maximum Gasteiger partial charge on any atom is 0.224 e. The van der Waals surface area contributed by atoms with Gasteiger partial charge < -0.3 is 4.90 Å². The molecule has 2 rings (SSSR count). The molecule has 1 aromatic rings. The third-order valence-electron chi connectivity index (χ3n) is 3.72. The van der Waals surface area contributed by atoms with Crippen LogP contribution in [0.5, 0.6) is 0 Å². The Morgan fingerprint density at radius 1 is 1.12 bits per heavy atom. The van der Waals surface area contributed by atoms with Gasteiger partial charge in [-0.25, -0.2) is 0 Å². The van der Waals surface area contributed by atoms with E-state index in [1.54, 1.807) is 6.92 Å². The molecule has 0 spiro atoms. The molecule has 0 atom stereocenters. The summed E-state index contributed by atoms with van der Waals surface area (Å²) in [6, 6.07) is 10.4. The third-order valence-corrected chi connectivity index (χ3v) is 3.72. The topological polar surface area (TPSA) is 20.3 Å². The molecule has 1 fully saturated rings. The van der Waals surface area contributed by atoms with Gasteiger partial charge in [0.2, 0.25) is 5.91 Å². The first-order valence-corrected chi connectivity index (χ1v) is 6.53. The molecule has 0 N–H and O–H groups in total. The van der Waals surface area contributed by atoms with Crippen LogP contribution >= 0.6 is 0 Å². The molecule has 1 saturated carbocycles. The first kappa shape index (κ1) is 12.2. The molecule has 1 amide bonds. The highest BCUT2D eigenvalue weighted by Gasteiger charge is 2.26. The van der Waals surface area contributed by atoms with Crippen LogP contribution in [0.25, 0.3) is 0 Å². The van der Waals surface area contributed by atoms with Gasteiger partial charge in [-0.3, -0.25) is 4.79 Å². The van der Waals surface area contributed by atoms with E-state index in [4.69, 9.17) is 0 Å². The summed E-state index contributed by atoms with van der Waals surface area (Å²) in [4.78, 5) is 13.8. The number of benzene rings is 1. The lowest BCUT2D eigenvalue weighted by Crippen LogP contribution is -2.41. The molecule has 1 aliphatic rings. The molecule has 0 radical (unpaired) electrons. The Morgan fingerprint density at radius 3 is 2.24 bits per heavy atom. The molecule has 1 aliphatic carbocycles. The summed E-state index contributed by atoms with van der Waals surface area (Å²) in [6.45, 7) is 3.97. The van der Waals surface area contributed by atoms with Gasteiger partial charge >= 0.3 is 0 Å². The second-order valence-corrected chi connectivity index (χ2v) is 5.14. The van der Waals surface area contributed by atoms with Crippen molar-refractivity contribution in [3.63, 3.8) is 0 Å². The number of hydrogen-bond acceptors (Lipinski definition) is 1. The highest BCUT2D eigenvalue weighted by molar-refractivity contribution is 5.92. The van der Waals surface area contributed by atoms with Crippen LogP contribution in [0.3, 0.4) is 0 Å².